The van der Waals surface area contributed by atoms with Gasteiger partial charge in [0.2, 0.25) is 0 Å². The number of carbonyl (C=O) groups is 2. The van der Waals surface area contributed by atoms with Gasteiger partial charge in [0.25, 0.3) is 5.91 Å². The smallest absolute Gasteiger partial charge is 0.340 e. The first kappa shape index (κ1) is 17.6. The number of aromatic amines is 1. The third-order valence-corrected chi connectivity index (χ3v) is 4.77. The number of thioether (sulfide) groups is 1. The number of benzene rings is 2. The van der Waals surface area contributed by atoms with Crippen LogP contribution in [0.4, 0.5) is 5.69 Å². The predicted octanol–water partition coefficient (Wildman–Crippen LogP) is 4.45. The number of halogens is 1. The number of ether oxygens (including phenoxy) is 1. The van der Waals surface area contributed by atoms with E-state index >= 15 is 0 Å². The van der Waals surface area contributed by atoms with Gasteiger partial charge in [-0.15, -0.1) is 11.8 Å². The Labute approximate surface area is 157 Å². The number of fused-ring (bicyclic) bond motifs is 1. The number of H-pyrrole nitrogens is 1. The Hall–Kier alpha value is -2.25. The molecule has 0 unspecified atom stereocenters. The van der Waals surface area contributed by atoms with Gasteiger partial charge >= 0.3 is 5.97 Å². The highest BCUT2D eigenvalue weighted by Crippen LogP contribution is 2.23. The van der Waals surface area contributed by atoms with Gasteiger partial charge in [-0.2, -0.15) is 0 Å². The van der Waals surface area contributed by atoms with Gasteiger partial charge in [-0.25, -0.2) is 4.79 Å². The molecular weight excluding hydrogens is 404 g/mol. The predicted molar refractivity (Wildman–Crippen MR) is 103 cm³/mol. The van der Waals surface area contributed by atoms with E-state index in [9.17, 15) is 9.59 Å². The Morgan fingerprint density at radius 2 is 2.08 bits per heavy atom. The summed E-state index contributed by atoms with van der Waals surface area (Å²) in [4.78, 5) is 28.3. The van der Waals surface area contributed by atoms with E-state index in [-0.39, 0.29) is 12.5 Å². The Bertz CT molecular complexity index is 939. The number of carbonyl (C=O) groups excluding carboxylic acids is 2. The molecule has 0 fully saturated rings. The molecule has 25 heavy (non-hydrogen) atoms. The molecule has 0 atom stereocenters. The maximum absolute atomic E-state index is 12.2. The molecule has 0 aliphatic heterocycles. The van der Waals surface area contributed by atoms with E-state index in [1.165, 1.54) is 0 Å². The van der Waals surface area contributed by atoms with Crippen LogP contribution in [-0.2, 0) is 9.53 Å². The van der Waals surface area contributed by atoms with E-state index in [0.29, 0.717) is 11.3 Å². The van der Waals surface area contributed by atoms with Crippen molar-refractivity contribution in [2.75, 3.05) is 18.2 Å². The molecule has 0 aliphatic rings. The fraction of sp³-hybridized carbons (Fsp3) is 0.111. The summed E-state index contributed by atoms with van der Waals surface area (Å²) in [5.41, 5.74) is 1.89. The number of rotatable bonds is 5. The minimum Gasteiger partial charge on any atom is -0.452 e. The van der Waals surface area contributed by atoms with E-state index in [1.807, 2.05) is 42.7 Å². The van der Waals surface area contributed by atoms with Gasteiger partial charge in [0, 0.05) is 32.2 Å². The molecule has 5 nitrogen and oxygen atoms in total. The maximum Gasteiger partial charge on any atom is 0.340 e. The SMILES string of the molecule is CSc1cccc(NC(=O)COC(=O)c2c[nH]c3ccc(Br)cc23)c1. The van der Waals surface area contributed by atoms with Crippen molar-refractivity contribution in [2.24, 2.45) is 0 Å². The van der Waals surface area contributed by atoms with Crippen molar-refractivity contribution in [1.29, 1.82) is 0 Å². The van der Waals surface area contributed by atoms with E-state index in [4.69, 9.17) is 4.74 Å². The second-order valence-electron chi connectivity index (χ2n) is 5.25. The van der Waals surface area contributed by atoms with Crippen LogP contribution in [0.3, 0.4) is 0 Å². The molecule has 0 bridgehead atoms. The summed E-state index contributed by atoms with van der Waals surface area (Å²) in [6.45, 7) is -0.344. The quantitative estimate of drug-likeness (QED) is 0.474. The van der Waals surface area contributed by atoms with Crippen LogP contribution in [0.15, 0.2) is 58.0 Å². The molecule has 0 saturated carbocycles. The highest BCUT2D eigenvalue weighted by atomic mass is 79.9. The zero-order valence-electron chi connectivity index (χ0n) is 13.3. The van der Waals surface area contributed by atoms with Crippen molar-refractivity contribution in [1.82, 2.24) is 4.98 Å². The zero-order valence-corrected chi connectivity index (χ0v) is 15.7. The van der Waals surface area contributed by atoms with Gasteiger partial charge in [-0.1, -0.05) is 22.0 Å². The first-order valence-corrected chi connectivity index (χ1v) is 9.46. The van der Waals surface area contributed by atoms with Gasteiger partial charge in [0.15, 0.2) is 6.61 Å². The number of aromatic nitrogens is 1. The molecule has 3 rings (SSSR count). The first-order chi connectivity index (χ1) is 12.1. The van der Waals surface area contributed by atoms with Gasteiger partial charge in [-0.05, 0) is 42.7 Å². The molecule has 2 N–H and O–H groups in total. The molecule has 0 saturated heterocycles. The van der Waals surface area contributed by atoms with Crippen LogP contribution < -0.4 is 5.32 Å². The van der Waals surface area contributed by atoms with E-state index in [0.717, 1.165) is 20.3 Å². The lowest BCUT2D eigenvalue weighted by Crippen LogP contribution is -2.20. The van der Waals surface area contributed by atoms with Gasteiger partial charge in [0.05, 0.1) is 5.56 Å². The fourth-order valence-corrected chi connectivity index (χ4v) is 3.19. The average Bonchev–Trinajstić information content (AvgIpc) is 3.03. The van der Waals surface area contributed by atoms with Crippen LogP contribution in [0.1, 0.15) is 10.4 Å². The number of esters is 1. The second kappa shape index (κ2) is 7.76. The minimum atomic E-state index is -0.544. The normalized spacial score (nSPS) is 10.6. The van der Waals surface area contributed by atoms with Crippen molar-refractivity contribution in [3.05, 3.63) is 58.7 Å². The largest absolute Gasteiger partial charge is 0.452 e. The molecule has 128 valence electrons. The molecule has 0 aliphatic carbocycles. The van der Waals surface area contributed by atoms with Gasteiger partial charge in [0.1, 0.15) is 0 Å². The standard InChI is InChI=1S/C18H15BrN2O3S/c1-25-13-4-2-3-12(8-13)21-17(22)10-24-18(23)15-9-20-16-6-5-11(19)7-14(15)16/h2-9,20H,10H2,1H3,(H,21,22). The van der Waals surface area contributed by atoms with Crippen LogP contribution in [0.2, 0.25) is 0 Å². The van der Waals surface area contributed by atoms with Crippen LogP contribution in [0.25, 0.3) is 10.9 Å². The van der Waals surface area contributed by atoms with Crippen LogP contribution in [0, 0.1) is 0 Å². The highest BCUT2D eigenvalue weighted by molar-refractivity contribution is 9.10. The molecule has 0 radical (unpaired) electrons. The van der Waals surface area contributed by atoms with E-state index < -0.39 is 5.97 Å². The lowest BCUT2D eigenvalue weighted by atomic mass is 10.2. The summed E-state index contributed by atoms with van der Waals surface area (Å²) in [5.74, 6) is -0.926. The van der Waals surface area contributed by atoms with Crippen molar-refractivity contribution >= 4 is 56.2 Å². The summed E-state index contributed by atoms with van der Waals surface area (Å²) in [5, 5.41) is 3.46. The van der Waals surface area contributed by atoms with E-state index in [1.54, 1.807) is 24.0 Å². The number of anilines is 1. The highest BCUT2D eigenvalue weighted by Gasteiger charge is 2.15. The first-order valence-electron chi connectivity index (χ1n) is 7.44. The molecule has 2 aromatic carbocycles. The van der Waals surface area contributed by atoms with Gasteiger partial charge < -0.3 is 15.0 Å². The molecule has 0 spiro atoms. The average molecular weight is 419 g/mol. The van der Waals surface area contributed by atoms with Crippen LogP contribution >= 0.6 is 27.7 Å². The number of nitrogens with one attached hydrogen (secondary N) is 2. The topological polar surface area (TPSA) is 71.2 Å². The Balaban J connectivity index is 1.63. The monoisotopic (exact) mass is 418 g/mol. The Morgan fingerprint density at radius 1 is 1.24 bits per heavy atom. The summed E-state index contributed by atoms with van der Waals surface area (Å²) in [7, 11) is 0. The summed E-state index contributed by atoms with van der Waals surface area (Å²) < 4.78 is 5.99. The maximum atomic E-state index is 12.2. The molecule has 1 heterocycles. The second-order valence-corrected chi connectivity index (χ2v) is 7.04. The van der Waals surface area contributed by atoms with Crippen molar-refractivity contribution in [2.45, 2.75) is 4.90 Å². The number of amides is 1. The van der Waals surface area contributed by atoms with E-state index in [2.05, 4.69) is 26.2 Å². The van der Waals surface area contributed by atoms with Crippen molar-refractivity contribution in [3.63, 3.8) is 0 Å². The minimum absolute atomic E-state index is 0.344. The molecular formula is C18H15BrN2O3S. The molecule has 7 heteroatoms. The van der Waals surface area contributed by atoms with Crippen molar-refractivity contribution < 1.29 is 14.3 Å². The lowest BCUT2D eigenvalue weighted by molar-refractivity contribution is -0.119. The third kappa shape index (κ3) is 4.24. The summed E-state index contributed by atoms with van der Waals surface area (Å²) >= 11 is 4.96. The number of hydrogen-bond acceptors (Lipinski definition) is 4. The van der Waals surface area contributed by atoms with Gasteiger partial charge in [-0.3, -0.25) is 4.79 Å². The van der Waals surface area contributed by atoms with Crippen LogP contribution in [-0.4, -0.2) is 29.7 Å². The Kier molecular flexibility index (Phi) is 5.45. The molecule has 3 aromatic rings. The summed E-state index contributed by atoms with van der Waals surface area (Å²) in [6, 6.07) is 13.0. The number of hydrogen-bond donors (Lipinski definition) is 2. The lowest BCUT2D eigenvalue weighted by Gasteiger charge is -2.07. The third-order valence-electron chi connectivity index (χ3n) is 3.55. The molecule has 1 aromatic heterocycles. The van der Waals surface area contributed by atoms with Crippen molar-refractivity contribution in [3.8, 4) is 0 Å². The molecule has 1 amide bonds. The zero-order chi connectivity index (χ0) is 17.8. The summed E-state index contributed by atoms with van der Waals surface area (Å²) in [6.07, 6.45) is 3.54. The fourth-order valence-electron chi connectivity index (χ4n) is 2.37. The Morgan fingerprint density at radius 3 is 2.88 bits per heavy atom. The van der Waals surface area contributed by atoms with Crippen LogP contribution in [0.5, 0.6) is 0 Å².